The standard InChI is InChI=1S/C28H37Br2N3O3/c29-21-8-10-26-24(17-21)25-18-22(30)9-11-27(25)33(26)20-23(34)19-32-15-13-31(14-16-32)12-6-4-2-1-3-5-7-28(35)36/h8-11,17-18,23,34H,1-7,12-16,19-20H2,(H,35,36)/t23-/m1/s1. The molecule has 0 spiro atoms. The lowest BCUT2D eigenvalue weighted by atomic mass is 10.1. The largest absolute Gasteiger partial charge is 0.481 e. The zero-order valence-corrected chi connectivity index (χ0v) is 24.0. The van der Waals surface area contributed by atoms with E-state index < -0.39 is 12.1 Å². The minimum atomic E-state index is -0.685. The van der Waals surface area contributed by atoms with Crippen LogP contribution in [-0.4, -0.2) is 75.9 Å². The second-order valence-electron chi connectivity index (χ2n) is 9.99. The van der Waals surface area contributed by atoms with Gasteiger partial charge < -0.3 is 19.7 Å². The summed E-state index contributed by atoms with van der Waals surface area (Å²) in [5.41, 5.74) is 2.30. The predicted molar refractivity (Wildman–Crippen MR) is 154 cm³/mol. The Labute approximate surface area is 230 Å². The van der Waals surface area contributed by atoms with Crippen LogP contribution >= 0.6 is 31.9 Å². The number of carbonyl (C=O) groups is 1. The van der Waals surface area contributed by atoms with E-state index in [0.717, 1.165) is 72.0 Å². The summed E-state index contributed by atoms with van der Waals surface area (Å²) in [5, 5.41) is 22.1. The number of piperazine rings is 1. The molecular weight excluding hydrogens is 586 g/mol. The van der Waals surface area contributed by atoms with Gasteiger partial charge in [-0.25, -0.2) is 0 Å². The van der Waals surface area contributed by atoms with E-state index in [-0.39, 0.29) is 0 Å². The monoisotopic (exact) mass is 621 g/mol. The Morgan fingerprint density at radius 3 is 1.89 bits per heavy atom. The second kappa shape index (κ2) is 13.4. The van der Waals surface area contributed by atoms with Crippen molar-refractivity contribution >= 4 is 59.6 Å². The highest BCUT2D eigenvalue weighted by molar-refractivity contribution is 9.10. The van der Waals surface area contributed by atoms with Crippen LogP contribution < -0.4 is 0 Å². The van der Waals surface area contributed by atoms with Crippen LogP contribution in [-0.2, 0) is 11.3 Å². The number of benzene rings is 2. The van der Waals surface area contributed by atoms with E-state index in [4.69, 9.17) is 5.11 Å². The lowest BCUT2D eigenvalue weighted by Gasteiger charge is -2.35. The molecule has 1 aromatic heterocycles. The first-order valence-electron chi connectivity index (χ1n) is 13.1. The smallest absolute Gasteiger partial charge is 0.303 e. The van der Waals surface area contributed by atoms with Crippen molar-refractivity contribution in [2.75, 3.05) is 39.3 Å². The molecule has 1 atom stereocenters. The maximum absolute atomic E-state index is 11.0. The molecule has 1 aliphatic heterocycles. The predicted octanol–water partition coefficient (Wildman–Crippen LogP) is 6.11. The van der Waals surface area contributed by atoms with E-state index in [1.54, 1.807) is 0 Å². The van der Waals surface area contributed by atoms with Crippen molar-refractivity contribution < 1.29 is 15.0 Å². The summed E-state index contributed by atoms with van der Waals surface area (Å²) in [6.07, 6.45) is 6.46. The number of rotatable bonds is 13. The summed E-state index contributed by atoms with van der Waals surface area (Å²) in [4.78, 5) is 15.5. The first-order valence-corrected chi connectivity index (χ1v) is 14.7. The fraction of sp³-hybridized carbons (Fsp3) is 0.536. The summed E-state index contributed by atoms with van der Waals surface area (Å²) in [6.45, 7) is 6.52. The molecule has 0 amide bonds. The van der Waals surface area contributed by atoms with E-state index in [1.807, 2.05) is 0 Å². The molecule has 4 rings (SSSR count). The molecule has 1 fully saturated rings. The number of halogens is 2. The molecule has 0 radical (unpaired) electrons. The molecule has 1 aliphatic rings. The van der Waals surface area contributed by atoms with Gasteiger partial charge in [-0.15, -0.1) is 0 Å². The molecule has 1 saturated heterocycles. The van der Waals surface area contributed by atoms with Crippen molar-refractivity contribution in [3.05, 3.63) is 45.3 Å². The number of carboxylic acid groups (broad SMARTS) is 1. The van der Waals surface area contributed by atoms with E-state index >= 15 is 0 Å². The molecule has 2 heterocycles. The molecule has 0 aliphatic carbocycles. The Morgan fingerprint density at radius 1 is 0.778 bits per heavy atom. The minimum absolute atomic E-state index is 0.299. The number of β-amino-alcohol motifs (C(OH)–C–C–N with tert-alkyl or cyclic N) is 1. The van der Waals surface area contributed by atoms with Crippen LogP contribution in [0.3, 0.4) is 0 Å². The Kier molecular flexibility index (Phi) is 10.2. The third kappa shape index (κ3) is 7.54. The van der Waals surface area contributed by atoms with Crippen molar-refractivity contribution in [2.45, 2.75) is 57.6 Å². The van der Waals surface area contributed by atoms with Crippen molar-refractivity contribution in [2.24, 2.45) is 0 Å². The zero-order chi connectivity index (χ0) is 25.5. The van der Waals surface area contributed by atoms with Gasteiger partial charge in [-0.05, 0) is 55.8 Å². The van der Waals surface area contributed by atoms with Crippen LogP contribution in [0, 0.1) is 0 Å². The molecular formula is C28H37Br2N3O3. The molecule has 8 heteroatoms. The van der Waals surface area contributed by atoms with E-state index in [0.29, 0.717) is 19.5 Å². The van der Waals surface area contributed by atoms with Crippen LogP contribution in [0.25, 0.3) is 21.8 Å². The number of aliphatic hydroxyl groups excluding tert-OH is 1. The third-order valence-electron chi connectivity index (χ3n) is 7.23. The maximum Gasteiger partial charge on any atom is 0.303 e. The third-order valence-corrected chi connectivity index (χ3v) is 8.22. The Hall–Kier alpha value is -1.45. The second-order valence-corrected chi connectivity index (χ2v) is 11.8. The van der Waals surface area contributed by atoms with Gasteiger partial charge in [0.15, 0.2) is 0 Å². The summed E-state index contributed by atoms with van der Waals surface area (Å²) >= 11 is 7.21. The first-order chi connectivity index (χ1) is 17.4. The van der Waals surface area contributed by atoms with Crippen LogP contribution in [0.2, 0.25) is 0 Å². The number of aliphatic carboxylic acids is 1. The number of fused-ring (bicyclic) bond motifs is 3. The normalized spacial score (nSPS) is 16.2. The lowest BCUT2D eigenvalue weighted by molar-refractivity contribution is -0.137. The number of hydrogen-bond donors (Lipinski definition) is 2. The van der Waals surface area contributed by atoms with Crippen LogP contribution in [0.4, 0.5) is 0 Å². The number of carboxylic acids is 1. The van der Waals surface area contributed by atoms with Gasteiger partial charge in [0.1, 0.15) is 0 Å². The summed E-state index contributed by atoms with van der Waals surface area (Å²) in [7, 11) is 0. The minimum Gasteiger partial charge on any atom is -0.481 e. The van der Waals surface area contributed by atoms with Gasteiger partial charge in [0.25, 0.3) is 0 Å². The van der Waals surface area contributed by atoms with Crippen LogP contribution in [0.5, 0.6) is 0 Å². The van der Waals surface area contributed by atoms with Crippen molar-refractivity contribution in [1.29, 1.82) is 0 Å². The highest BCUT2D eigenvalue weighted by Crippen LogP contribution is 2.33. The zero-order valence-electron chi connectivity index (χ0n) is 20.8. The van der Waals surface area contributed by atoms with E-state index in [1.165, 1.54) is 30.0 Å². The average Bonchev–Trinajstić information content (AvgIpc) is 3.13. The van der Waals surface area contributed by atoms with Gasteiger partial charge in [0, 0.05) is 69.9 Å². The van der Waals surface area contributed by atoms with Gasteiger partial charge in [-0.3, -0.25) is 9.69 Å². The number of unbranched alkanes of at least 4 members (excludes halogenated alkanes) is 5. The highest BCUT2D eigenvalue weighted by Gasteiger charge is 2.20. The number of nitrogens with zero attached hydrogens (tertiary/aromatic N) is 3. The van der Waals surface area contributed by atoms with Gasteiger partial charge in [0.05, 0.1) is 12.6 Å². The van der Waals surface area contributed by atoms with E-state index in [9.17, 15) is 9.90 Å². The van der Waals surface area contributed by atoms with Crippen molar-refractivity contribution in [1.82, 2.24) is 14.4 Å². The molecule has 0 bridgehead atoms. The summed E-state index contributed by atoms with van der Waals surface area (Å²) in [6, 6.07) is 12.7. The van der Waals surface area contributed by atoms with Gasteiger partial charge in [-0.1, -0.05) is 57.5 Å². The topological polar surface area (TPSA) is 68.9 Å². The van der Waals surface area contributed by atoms with Crippen molar-refractivity contribution in [3.8, 4) is 0 Å². The van der Waals surface area contributed by atoms with Gasteiger partial charge in [-0.2, -0.15) is 0 Å². The maximum atomic E-state index is 11.0. The highest BCUT2D eigenvalue weighted by atomic mass is 79.9. The fourth-order valence-corrected chi connectivity index (χ4v) is 6.05. The Bertz CT molecular complexity index is 1100. The number of aliphatic hydroxyl groups is 1. The molecule has 0 saturated carbocycles. The number of aromatic nitrogens is 1. The van der Waals surface area contributed by atoms with Crippen molar-refractivity contribution in [3.63, 3.8) is 0 Å². The summed E-state index contributed by atoms with van der Waals surface area (Å²) in [5.74, 6) is -0.685. The van der Waals surface area contributed by atoms with E-state index in [2.05, 4.69) is 82.6 Å². The Balaban J connectivity index is 1.22. The SMILES string of the molecule is O=C(O)CCCCCCCCN1CCN(C[C@@H](O)Cn2c3ccc(Br)cc3c3cc(Br)ccc32)CC1. The van der Waals surface area contributed by atoms with Crippen LogP contribution in [0.15, 0.2) is 45.3 Å². The molecule has 2 aromatic carbocycles. The van der Waals surface area contributed by atoms with Crippen LogP contribution in [0.1, 0.15) is 44.9 Å². The molecule has 3 aromatic rings. The fourth-order valence-electron chi connectivity index (χ4n) is 5.33. The Morgan fingerprint density at radius 2 is 1.31 bits per heavy atom. The molecule has 196 valence electrons. The molecule has 2 N–H and O–H groups in total. The molecule has 36 heavy (non-hydrogen) atoms. The quantitative estimate of drug-likeness (QED) is 0.225. The lowest BCUT2D eigenvalue weighted by Crippen LogP contribution is -2.49. The summed E-state index contributed by atoms with van der Waals surface area (Å²) < 4.78 is 4.37. The average molecular weight is 623 g/mol. The molecule has 6 nitrogen and oxygen atoms in total. The first kappa shape index (κ1) is 27.6. The van der Waals surface area contributed by atoms with Gasteiger partial charge in [0.2, 0.25) is 0 Å². The molecule has 0 unspecified atom stereocenters. The van der Waals surface area contributed by atoms with Gasteiger partial charge >= 0.3 is 5.97 Å². The number of hydrogen-bond acceptors (Lipinski definition) is 4.